The molecule has 1 aromatic rings. The number of nitrogens with one attached hydrogen (secondary N) is 1. The minimum absolute atomic E-state index is 0.0995. The second-order valence-corrected chi connectivity index (χ2v) is 4.18. The number of hydrogen-bond acceptors (Lipinski definition) is 4. The minimum atomic E-state index is -0.103. The summed E-state index contributed by atoms with van der Waals surface area (Å²) in [5, 5.41) is 2.80. The Hall–Kier alpha value is -1.59. The molecule has 5 heteroatoms. The molecule has 0 atom stereocenters. The Balaban J connectivity index is 2.05. The average molecular weight is 235 g/mol. The fourth-order valence-electron chi connectivity index (χ4n) is 1.70. The van der Waals surface area contributed by atoms with Crippen LogP contribution in [-0.4, -0.2) is 37.7 Å². The smallest absolute Gasteiger partial charge is 0.262 e. The molecule has 0 unspecified atom stereocenters. The van der Waals surface area contributed by atoms with Gasteiger partial charge >= 0.3 is 0 Å². The predicted molar refractivity (Wildman–Crippen MR) is 66.0 cm³/mol. The number of fused-ring (bicyclic) bond motifs is 1. The number of benzene rings is 1. The van der Waals surface area contributed by atoms with Crippen LogP contribution >= 0.6 is 0 Å². The molecule has 1 heterocycles. The molecule has 3 N–H and O–H groups in total. The zero-order chi connectivity index (χ0) is 12.3. The highest BCUT2D eigenvalue weighted by atomic mass is 16.5. The van der Waals surface area contributed by atoms with Gasteiger partial charge in [-0.1, -0.05) is 6.07 Å². The van der Waals surface area contributed by atoms with Gasteiger partial charge < -0.3 is 15.8 Å². The maximum absolute atomic E-state index is 11.2. The van der Waals surface area contributed by atoms with Crippen LogP contribution in [0.1, 0.15) is 5.56 Å². The number of carbonyl (C=O) groups is 1. The van der Waals surface area contributed by atoms with E-state index >= 15 is 0 Å². The summed E-state index contributed by atoms with van der Waals surface area (Å²) in [6.07, 6.45) is 0.900. The topological polar surface area (TPSA) is 67.6 Å². The molecule has 0 aliphatic carbocycles. The molecular weight excluding hydrogens is 218 g/mol. The second kappa shape index (κ2) is 5.16. The molecule has 0 bridgehead atoms. The Kier molecular flexibility index (Phi) is 3.61. The fourth-order valence-corrected chi connectivity index (χ4v) is 1.70. The van der Waals surface area contributed by atoms with Gasteiger partial charge in [-0.15, -0.1) is 0 Å². The quantitative estimate of drug-likeness (QED) is 0.742. The highest BCUT2D eigenvalue weighted by Gasteiger charge is 2.15. The maximum atomic E-state index is 11.2. The molecule has 0 radical (unpaired) electrons. The van der Waals surface area contributed by atoms with Gasteiger partial charge in [-0.25, -0.2) is 0 Å². The van der Waals surface area contributed by atoms with E-state index in [1.807, 2.05) is 30.1 Å². The second-order valence-electron chi connectivity index (χ2n) is 4.18. The molecule has 92 valence electrons. The highest BCUT2D eigenvalue weighted by Crippen LogP contribution is 2.28. The molecule has 2 rings (SSSR count). The molecule has 5 nitrogen and oxygen atoms in total. The zero-order valence-corrected chi connectivity index (χ0v) is 9.90. The van der Waals surface area contributed by atoms with E-state index in [0.29, 0.717) is 6.67 Å². The molecule has 17 heavy (non-hydrogen) atoms. The molecule has 0 saturated heterocycles. The van der Waals surface area contributed by atoms with Crippen molar-refractivity contribution in [2.45, 2.75) is 6.42 Å². The zero-order valence-electron chi connectivity index (χ0n) is 9.90. The fraction of sp³-hybridized carbons (Fsp3) is 0.417. The summed E-state index contributed by atoms with van der Waals surface area (Å²) in [6, 6.07) is 5.87. The van der Waals surface area contributed by atoms with Crippen molar-refractivity contribution < 1.29 is 9.53 Å². The van der Waals surface area contributed by atoms with Crippen molar-refractivity contribution in [3.63, 3.8) is 0 Å². The Morgan fingerprint density at radius 1 is 1.53 bits per heavy atom. The largest absolute Gasteiger partial charge is 0.482 e. The number of hydrogen-bond donors (Lipinski definition) is 2. The van der Waals surface area contributed by atoms with E-state index in [1.54, 1.807) is 0 Å². The minimum Gasteiger partial charge on any atom is -0.482 e. The number of ether oxygens (including phenoxy) is 1. The average Bonchev–Trinajstić information content (AvgIpc) is 2.35. The Labute approximate surface area is 101 Å². The number of nitrogens with two attached hydrogens (primary N) is 1. The maximum Gasteiger partial charge on any atom is 0.262 e. The molecule has 0 aromatic heterocycles. The van der Waals surface area contributed by atoms with E-state index in [9.17, 15) is 4.79 Å². The van der Waals surface area contributed by atoms with Crippen LogP contribution in [0.2, 0.25) is 0 Å². The highest BCUT2D eigenvalue weighted by molar-refractivity contribution is 5.95. The normalized spacial score (nSPS) is 14.2. The van der Waals surface area contributed by atoms with Crippen molar-refractivity contribution in [1.29, 1.82) is 0 Å². The van der Waals surface area contributed by atoms with Crippen LogP contribution in [0, 0.1) is 0 Å². The van der Waals surface area contributed by atoms with Crippen LogP contribution in [0.25, 0.3) is 0 Å². The third-order valence-corrected chi connectivity index (χ3v) is 2.77. The summed E-state index contributed by atoms with van der Waals surface area (Å²) in [5.41, 5.74) is 7.43. The van der Waals surface area contributed by atoms with Crippen LogP contribution in [0.4, 0.5) is 5.69 Å². The summed E-state index contributed by atoms with van der Waals surface area (Å²) in [5.74, 6) is 0.634. The Bertz CT molecular complexity index is 420. The molecule has 1 aliphatic rings. The summed E-state index contributed by atoms with van der Waals surface area (Å²) >= 11 is 0. The third-order valence-electron chi connectivity index (χ3n) is 2.77. The number of nitrogens with zero attached hydrogens (tertiary/aromatic N) is 1. The van der Waals surface area contributed by atoms with Crippen molar-refractivity contribution in [3.8, 4) is 5.75 Å². The van der Waals surface area contributed by atoms with Gasteiger partial charge in [-0.3, -0.25) is 9.69 Å². The van der Waals surface area contributed by atoms with Crippen LogP contribution in [0.15, 0.2) is 18.2 Å². The first-order valence-corrected chi connectivity index (χ1v) is 5.63. The van der Waals surface area contributed by atoms with E-state index in [-0.39, 0.29) is 12.5 Å². The summed E-state index contributed by atoms with van der Waals surface area (Å²) < 4.78 is 5.30. The molecule has 0 saturated carbocycles. The van der Waals surface area contributed by atoms with E-state index in [2.05, 4.69) is 5.32 Å². The standard InChI is InChI=1S/C12H17N3O2/c1-15(8-13)5-4-9-2-3-11-10(6-9)14-12(16)7-17-11/h2-3,6H,4-5,7-8,13H2,1H3,(H,14,16). The van der Waals surface area contributed by atoms with Gasteiger partial charge in [0.2, 0.25) is 0 Å². The Morgan fingerprint density at radius 3 is 3.12 bits per heavy atom. The van der Waals surface area contributed by atoms with Crippen molar-refractivity contribution in [2.75, 3.05) is 32.2 Å². The molecule has 0 fully saturated rings. The first-order valence-electron chi connectivity index (χ1n) is 5.63. The van der Waals surface area contributed by atoms with Gasteiger partial charge in [0.1, 0.15) is 5.75 Å². The van der Waals surface area contributed by atoms with Crippen molar-refractivity contribution >= 4 is 11.6 Å². The lowest BCUT2D eigenvalue weighted by molar-refractivity contribution is -0.118. The van der Waals surface area contributed by atoms with Crippen molar-refractivity contribution in [1.82, 2.24) is 4.90 Å². The van der Waals surface area contributed by atoms with Gasteiger partial charge in [0.15, 0.2) is 6.61 Å². The van der Waals surface area contributed by atoms with Crippen molar-refractivity contribution in [2.24, 2.45) is 5.73 Å². The van der Waals surface area contributed by atoms with Crippen LogP contribution < -0.4 is 15.8 Å². The number of rotatable bonds is 4. The summed E-state index contributed by atoms with van der Waals surface area (Å²) in [6.45, 7) is 1.54. The number of amides is 1. The van der Waals surface area contributed by atoms with E-state index < -0.39 is 0 Å². The van der Waals surface area contributed by atoms with E-state index in [1.165, 1.54) is 0 Å². The summed E-state index contributed by atoms with van der Waals surface area (Å²) in [7, 11) is 1.98. The molecule has 1 aromatic carbocycles. The summed E-state index contributed by atoms with van der Waals surface area (Å²) in [4.78, 5) is 13.2. The monoisotopic (exact) mass is 235 g/mol. The van der Waals surface area contributed by atoms with Gasteiger partial charge in [0.25, 0.3) is 5.91 Å². The first-order chi connectivity index (χ1) is 8.19. The van der Waals surface area contributed by atoms with Gasteiger partial charge in [0, 0.05) is 13.2 Å². The predicted octanol–water partition coefficient (Wildman–Crippen LogP) is 0.408. The van der Waals surface area contributed by atoms with Crippen molar-refractivity contribution in [3.05, 3.63) is 23.8 Å². The molecule has 1 aliphatic heterocycles. The van der Waals surface area contributed by atoms with E-state index in [4.69, 9.17) is 10.5 Å². The first kappa shape index (κ1) is 11.9. The number of likely N-dealkylation sites (N-methyl/N-ethyl adjacent to an activating group) is 1. The lowest BCUT2D eigenvalue weighted by atomic mass is 10.1. The Morgan fingerprint density at radius 2 is 2.35 bits per heavy atom. The van der Waals surface area contributed by atoms with Gasteiger partial charge in [-0.2, -0.15) is 0 Å². The van der Waals surface area contributed by atoms with Gasteiger partial charge in [-0.05, 0) is 31.2 Å². The van der Waals surface area contributed by atoms with Gasteiger partial charge in [0.05, 0.1) is 5.69 Å². The van der Waals surface area contributed by atoms with Crippen LogP contribution in [0.3, 0.4) is 0 Å². The van der Waals surface area contributed by atoms with Crippen LogP contribution in [-0.2, 0) is 11.2 Å². The lowest BCUT2D eigenvalue weighted by Crippen LogP contribution is -2.28. The molecular formula is C12H17N3O2. The number of anilines is 1. The van der Waals surface area contributed by atoms with E-state index in [0.717, 1.165) is 30.0 Å². The molecule has 1 amide bonds. The third kappa shape index (κ3) is 2.95. The SMILES string of the molecule is CN(CN)CCc1ccc2c(c1)NC(=O)CO2. The lowest BCUT2D eigenvalue weighted by Gasteiger charge is -2.19. The van der Waals surface area contributed by atoms with Crippen LogP contribution in [0.5, 0.6) is 5.75 Å². The number of carbonyl (C=O) groups excluding carboxylic acids is 1. The molecule has 0 spiro atoms.